The second-order valence-corrected chi connectivity index (χ2v) is 5.25. The van der Waals surface area contributed by atoms with E-state index in [0.29, 0.717) is 0 Å². The van der Waals surface area contributed by atoms with Gasteiger partial charge in [-0.25, -0.2) is 0 Å². The van der Waals surface area contributed by atoms with Crippen LogP contribution in [0.4, 0.5) is 0 Å². The molecule has 104 valence electrons. The van der Waals surface area contributed by atoms with Gasteiger partial charge in [-0.3, -0.25) is 0 Å². The first kappa shape index (κ1) is 18.8. The first-order valence-corrected chi connectivity index (χ1v) is 6.84. The molecule has 0 bridgehead atoms. The molecular weight excluding hydrogens is 214 g/mol. The fourth-order valence-electron chi connectivity index (χ4n) is 2.03. The maximum atomic E-state index is 9.98. The lowest BCUT2D eigenvalue weighted by atomic mass is 10.1. The summed E-state index contributed by atoms with van der Waals surface area (Å²) in [6.07, 6.45) is 1.64. The van der Waals surface area contributed by atoms with E-state index < -0.39 is 5.97 Å². The lowest BCUT2D eigenvalue weighted by molar-refractivity contribution is -0.940. The van der Waals surface area contributed by atoms with Crippen LogP contribution in [-0.4, -0.2) is 24.6 Å². The van der Waals surface area contributed by atoms with Gasteiger partial charge in [-0.05, 0) is 47.0 Å². The van der Waals surface area contributed by atoms with E-state index in [2.05, 4.69) is 34.6 Å². The van der Waals surface area contributed by atoms with Crippen molar-refractivity contribution in [1.29, 1.82) is 0 Å². The van der Waals surface area contributed by atoms with Gasteiger partial charge >= 0.3 is 0 Å². The molecule has 0 aromatic heterocycles. The smallest absolute Gasteiger partial charge is 0.0819 e. The Morgan fingerprint density at radius 3 is 1.53 bits per heavy atom. The molecule has 0 amide bonds. The third kappa shape index (κ3) is 10.3. The van der Waals surface area contributed by atoms with Crippen LogP contribution in [0.15, 0.2) is 0 Å². The molecule has 0 heterocycles. The van der Waals surface area contributed by atoms with Crippen molar-refractivity contribution in [3.05, 3.63) is 0 Å². The van der Waals surface area contributed by atoms with Crippen molar-refractivity contribution in [2.75, 3.05) is 6.54 Å². The highest BCUT2D eigenvalue weighted by Gasteiger charge is 2.12. The Morgan fingerprint density at radius 2 is 1.47 bits per heavy atom. The van der Waals surface area contributed by atoms with Crippen molar-refractivity contribution in [1.82, 2.24) is 0 Å². The maximum Gasteiger partial charge on any atom is 0.0819 e. The summed E-state index contributed by atoms with van der Waals surface area (Å²) in [7, 11) is 0. The number of carboxylic acids is 1. The standard InChI is InChI=1S/C8H19N.C6H12O2/c1-6-9(7(2)3)8(4)5;1-3-4-5(2)6(7)8/h7-8H,6H2,1-5H3;5H,3-4H2,1-2H3,(H,7,8). The molecule has 1 atom stereocenters. The molecule has 0 aliphatic heterocycles. The van der Waals surface area contributed by atoms with Crippen molar-refractivity contribution >= 4 is 5.97 Å². The number of quaternary nitrogens is 1. The van der Waals surface area contributed by atoms with Gasteiger partial charge in [0.05, 0.1) is 18.6 Å². The zero-order valence-corrected chi connectivity index (χ0v) is 12.7. The lowest BCUT2D eigenvalue weighted by Crippen LogP contribution is -3.17. The van der Waals surface area contributed by atoms with E-state index in [1.165, 1.54) is 6.54 Å². The van der Waals surface area contributed by atoms with E-state index in [1.54, 1.807) is 11.8 Å². The second-order valence-electron chi connectivity index (χ2n) is 5.25. The van der Waals surface area contributed by atoms with Crippen LogP contribution in [0.2, 0.25) is 0 Å². The Morgan fingerprint density at radius 1 is 1.06 bits per heavy atom. The number of hydrogen-bond donors (Lipinski definition) is 1. The van der Waals surface area contributed by atoms with E-state index in [4.69, 9.17) is 0 Å². The van der Waals surface area contributed by atoms with Gasteiger partial charge in [0.25, 0.3) is 0 Å². The van der Waals surface area contributed by atoms with Gasteiger partial charge < -0.3 is 14.8 Å². The number of carbonyl (C=O) groups excluding carboxylic acids is 1. The molecule has 0 aliphatic rings. The predicted molar refractivity (Wildman–Crippen MR) is 70.9 cm³/mol. The van der Waals surface area contributed by atoms with Crippen molar-refractivity contribution in [2.45, 2.75) is 73.4 Å². The Balaban J connectivity index is 0. The summed E-state index contributed by atoms with van der Waals surface area (Å²) in [5.41, 5.74) is 0. The van der Waals surface area contributed by atoms with Crippen LogP contribution >= 0.6 is 0 Å². The molecule has 1 N–H and O–H groups in total. The first-order valence-electron chi connectivity index (χ1n) is 6.84. The van der Waals surface area contributed by atoms with Gasteiger partial charge in [-0.15, -0.1) is 0 Å². The minimum absolute atomic E-state index is 0.278. The minimum atomic E-state index is -0.938. The van der Waals surface area contributed by atoms with Crippen molar-refractivity contribution < 1.29 is 14.8 Å². The summed E-state index contributed by atoms with van der Waals surface area (Å²) in [4.78, 5) is 11.7. The monoisotopic (exact) mass is 245 g/mol. The summed E-state index contributed by atoms with van der Waals surface area (Å²) in [6.45, 7) is 16.2. The first-order chi connectivity index (χ1) is 7.77. The fraction of sp³-hybridized carbons (Fsp3) is 0.929. The molecule has 0 aromatic rings. The minimum Gasteiger partial charge on any atom is -0.550 e. The van der Waals surface area contributed by atoms with Gasteiger partial charge in [0, 0.05) is 5.97 Å². The van der Waals surface area contributed by atoms with Crippen LogP contribution in [0.25, 0.3) is 0 Å². The van der Waals surface area contributed by atoms with Crippen LogP contribution in [-0.2, 0) is 4.79 Å². The fourth-order valence-corrected chi connectivity index (χ4v) is 2.03. The number of carboxylic acid groups (broad SMARTS) is 1. The third-order valence-corrected chi connectivity index (χ3v) is 3.02. The molecule has 3 nitrogen and oxygen atoms in total. The third-order valence-electron chi connectivity index (χ3n) is 3.02. The number of aliphatic carboxylic acids is 1. The summed E-state index contributed by atoms with van der Waals surface area (Å²) < 4.78 is 0. The molecule has 17 heavy (non-hydrogen) atoms. The molecule has 1 unspecified atom stereocenters. The molecule has 0 saturated heterocycles. The Hall–Kier alpha value is -0.570. The second kappa shape index (κ2) is 10.6. The number of carbonyl (C=O) groups is 1. The van der Waals surface area contributed by atoms with E-state index in [-0.39, 0.29) is 5.92 Å². The number of rotatable bonds is 6. The lowest BCUT2D eigenvalue weighted by Gasteiger charge is -2.25. The predicted octanol–water partition coefficient (Wildman–Crippen LogP) is 0.881. The number of hydrogen-bond acceptors (Lipinski definition) is 2. The SMILES string of the molecule is CCCC(C)C(=O)[O-].CC[NH+](C(C)C)C(C)C. The molecular formula is C14H31NO2. The van der Waals surface area contributed by atoms with E-state index in [1.807, 2.05) is 6.92 Å². The quantitative estimate of drug-likeness (QED) is 0.755. The van der Waals surface area contributed by atoms with E-state index in [0.717, 1.165) is 24.9 Å². The molecule has 0 rings (SSSR count). The van der Waals surface area contributed by atoms with Gasteiger partial charge in [-0.1, -0.05) is 20.3 Å². The molecule has 0 saturated carbocycles. The zero-order valence-electron chi connectivity index (χ0n) is 12.7. The van der Waals surface area contributed by atoms with Crippen LogP contribution in [0.1, 0.15) is 61.3 Å². The number of nitrogens with one attached hydrogen (secondary N) is 1. The highest BCUT2D eigenvalue weighted by Crippen LogP contribution is 2.01. The molecule has 0 spiro atoms. The highest BCUT2D eigenvalue weighted by molar-refractivity contribution is 5.66. The Kier molecular flexibility index (Phi) is 11.7. The average Bonchev–Trinajstić information content (AvgIpc) is 2.18. The normalized spacial score (nSPS) is 12.6. The van der Waals surface area contributed by atoms with Crippen LogP contribution in [0.5, 0.6) is 0 Å². The maximum absolute atomic E-state index is 9.98. The molecule has 0 radical (unpaired) electrons. The summed E-state index contributed by atoms with van der Waals surface area (Å²) in [5, 5.41) is 9.98. The summed E-state index contributed by atoms with van der Waals surface area (Å²) >= 11 is 0. The van der Waals surface area contributed by atoms with Crippen LogP contribution < -0.4 is 10.0 Å². The summed E-state index contributed by atoms with van der Waals surface area (Å²) in [5.74, 6) is -1.22. The topological polar surface area (TPSA) is 44.6 Å². The van der Waals surface area contributed by atoms with Crippen LogP contribution in [0, 0.1) is 5.92 Å². The van der Waals surface area contributed by atoms with Gasteiger partial charge in [0.1, 0.15) is 0 Å². The van der Waals surface area contributed by atoms with Gasteiger partial charge in [-0.2, -0.15) is 0 Å². The van der Waals surface area contributed by atoms with Crippen molar-refractivity contribution in [3.63, 3.8) is 0 Å². The highest BCUT2D eigenvalue weighted by atomic mass is 16.4. The Bertz CT molecular complexity index is 183. The van der Waals surface area contributed by atoms with E-state index in [9.17, 15) is 9.90 Å². The van der Waals surface area contributed by atoms with Gasteiger partial charge in [0.2, 0.25) is 0 Å². The largest absolute Gasteiger partial charge is 0.550 e. The zero-order chi connectivity index (χ0) is 14.0. The van der Waals surface area contributed by atoms with E-state index >= 15 is 0 Å². The van der Waals surface area contributed by atoms with Crippen molar-refractivity contribution in [3.8, 4) is 0 Å². The van der Waals surface area contributed by atoms with Crippen molar-refractivity contribution in [2.24, 2.45) is 5.92 Å². The molecule has 0 aliphatic carbocycles. The van der Waals surface area contributed by atoms with Gasteiger partial charge in [0.15, 0.2) is 0 Å². The summed E-state index contributed by atoms with van der Waals surface area (Å²) in [6, 6.07) is 1.55. The average molecular weight is 245 g/mol. The Labute approximate surface area is 107 Å². The van der Waals surface area contributed by atoms with Crippen LogP contribution in [0.3, 0.4) is 0 Å². The molecule has 3 heteroatoms. The molecule has 0 aromatic carbocycles. The molecule has 0 fully saturated rings.